The Balaban J connectivity index is 2.32. The summed E-state index contributed by atoms with van der Waals surface area (Å²) in [6.07, 6.45) is 1.83. The van der Waals surface area contributed by atoms with Crippen molar-refractivity contribution in [2.75, 3.05) is 17.1 Å². The van der Waals surface area contributed by atoms with E-state index in [9.17, 15) is 18.0 Å². The number of amides is 2. The minimum Gasteiger partial charge on any atom is -0.352 e. The number of hydrogen-bond donors (Lipinski definition) is 1. The van der Waals surface area contributed by atoms with Crippen molar-refractivity contribution in [1.82, 2.24) is 10.2 Å². The Hall–Kier alpha value is -2.87. The number of nitrogens with zero attached hydrogens (tertiary/aromatic N) is 2. The molecule has 2 aromatic rings. The number of anilines is 1. The number of rotatable bonds is 10. The van der Waals surface area contributed by atoms with Crippen LogP contribution >= 0.6 is 0 Å². The lowest BCUT2D eigenvalue weighted by Gasteiger charge is -2.32. The number of nitrogens with one attached hydrogen (secondary N) is 1. The van der Waals surface area contributed by atoms with E-state index in [-0.39, 0.29) is 18.5 Å². The van der Waals surface area contributed by atoms with Crippen LogP contribution in [0.5, 0.6) is 0 Å². The zero-order valence-electron chi connectivity index (χ0n) is 18.5. The molecule has 0 aliphatic rings. The predicted molar refractivity (Wildman–Crippen MR) is 123 cm³/mol. The minimum absolute atomic E-state index is 0.0273. The largest absolute Gasteiger partial charge is 0.352 e. The maximum Gasteiger partial charge on any atom is 0.244 e. The van der Waals surface area contributed by atoms with Gasteiger partial charge in [-0.1, -0.05) is 55.5 Å². The molecule has 0 heterocycles. The Kier molecular flexibility index (Phi) is 8.62. The van der Waals surface area contributed by atoms with Crippen molar-refractivity contribution < 1.29 is 18.0 Å². The van der Waals surface area contributed by atoms with Crippen LogP contribution in [0.1, 0.15) is 32.8 Å². The summed E-state index contributed by atoms with van der Waals surface area (Å²) in [6, 6.07) is 17.0. The first kappa shape index (κ1) is 24.4. The zero-order chi connectivity index (χ0) is 23.0. The normalized spacial score (nSPS) is 13.2. The van der Waals surface area contributed by atoms with Gasteiger partial charge in [0.1, 0.15) is 12.6 Å². The van der Waals surface area contributed by atoms with E-state index in [1.165, 1.54) is 4.90 Å². The molecule has 2 unspecified atom stereocenters. The number of para-hydroxylation sites is 1. The third-order valence-corrected chi connectivity index (χ3v) is 6.23. The van der Waals surface area contributed by atoms with E-state index in [1.54, 1.807) is 37.3 Å². The van der Waals surface area contributed by atoms with Crippen LogP contribution in [0.15, 0.2) is 60.7 Å². The first-order chi connectivity index (χ1) is 14.6. The van der Waals surface area contributed by atoms with Crippen molar-refractivity contribution in [3.63, 3.8) is 0 Å². The summed E-state index contributed by atoms with van der Waals surface area (Å²) < 4.78 is 25.9. The minimum atomic E-state index is -3.70. The summed E-state index contributed by atoms with van der Waals surface area (Å²) in [5, 5.41) is 2.90. The molecule has 0 aliphatic carbocycles. The van der Waals surface area contributed by atoms with E-state index in [0.29, 0.717) is 5.69 Å². The second-order valence-corrected chi connectivity index (χ2v) is 9.51. The predicted octanol–water partition coefficient (Wildman–Crippen LogP) is 2.78. The van der Waals surface area contributed by atoms with Gasteiger partial charge in [-0.05, 0) is 38.0 Å². The van der Waals surface area contributed by atoms with Gasteiger partial charge in [-0.25, -0.2) is 8.42 Å². The van der Waals surface area contributed by atoms with Crippen LogP contribution < -0.4 is 9.62 Å². The molecule has 31 heavy (non-hydrogen) atoms. The fourth-order valence-electron chi connectivity index (χ4n) is 3.04. The number of sulfonamides is 1. The van der Waals surface area contributed by atoms with Crippen LogP contribution in [0.2, 0.25) is 0 Å². The van der Waals surface area contributed by atoms with E-state index in [4.69, 9.17) is 0 Å². The van der Waals surface area contributed by atoms with E-state index < -0.39 is 28.5 Å². The highest BCUT2D eigenvalue weighted by molar-refractivity contribution is 7.92. The molecule has 0 radical (unpaired) electrons. The molecule has 0 spiro atoms. The van der Waals surface area contributed by atoms with E-state index in [2.05, 4.69) is 5.32 Å². The Bertz CT molecular complexity index is 965. The van der Waals surface area contributed by atoms with Crippen molar-refractivity contribution in [3.8, 4) is 0 Å². The topological polar surface area (TPSA) is 86.8 Å². The van der Waals surface area contributed by atoms with Crippen LogP contribution in [0.4, 0.5) is 5.69 Å². The standard InChI is InChI=1S/C23H31N3O4S/c1-5-18(2)24-23(28)19(3)25(16-20-12-8-6-9-13-20)22(27)17-26(31(4,29)30)21-14-10-7-11-15-21/h6-15,18-19H,5,16-17H2,1-4H3,(H,24,28). The Labute approximate surface area is 185 Å². The van der Waals surface area contributed by atoms with Gasteiger partial charge in [0.15, 0.2) is 0 Å². The average molecular weight is 446 g/mol. The van der Waals surface area contributed by atoms with Gasteiger partial charge in [0.2, 0.25) is 21.8 Å². The van der Waals surface area contributed by atoms with Crippen molar-refractivity contribution in [1.29, 1.82) is 0 Å². The number of benzene rings is 2. The van der Waals surface area contributed by atoms with Crippen molar-refractivity contribution in [3.05, 3.63) is 66.2 Å². The van der Waals surface area contributed by atoms with Gasteiger partial charge in [0.25, 0.3) is 0 Å². The van der Waals surface area contributed by atoms with Crippen molar-refractivity contribution in [2.45, 2.75) is 45.8 Å². The molecular formula is C23H31N3O4S. The SMILES string of the molecule is CCC(C)NC(=O)C(C)N(Cc1ccccc1)C(=O)CN(c1ccccc1)S(C)(=O)=O. The quantitative estimate of drug-likeness (QED) is 0.609. The van der Waals surface area contributed by atoms with E-state index in [1.807, 2.05) is 44.2 Å². The summed E-state index contributed by atoms with van der Waals surface area (Å²) in [7, 11) is -3.70. The van der Waals surface area contributed by atoms with Gasteiger partial charge < -0.3 is 10.2 Å². The fraction of sp³-hybridized carbons (Fsp3) is 0.391. The van der Waals surface area contributed by atoms with Crippen LogP contribution in [0.3, 0.4) is 0 Å². The third kappa shape index (κ3) is 7.10. The second-order valence-electron chi connectivity index (χ2n) is 7.61. The molecule has 0 aliphatic heterocycles. The van der Waals surface area contributed by atoms with Gasteiger partial charge in [-0.15, -0.1) is 0 Å². The maximum atomic E-state index is 13.3. The number of carbonyl (C=O) groups excluding carboxylic acids is 2. The first-order valence-corrected chi connectivity index (χ1v) is 12.1. The lowest BCUT2D eigenvalue weighted by Crippen LogP contribution is -2.52. The molecular weight excluding hydrogens is 414 g/mol. The first-order valence-electron chi connectivity index (χ1n) is 10.3. The molecule has 0 fully saturated rings. The molecule has 2 rings (SSSR count). The lowest BCUT2D eigenvalue weighted by molar-refractivity contribution is -0.139. The summed E-state index contributed by atoms with van der Waals surface area (Å²) in [6.45, 7) is 5.32. The molecule has 0 aromatic heterocycles. The Morgan fingerprint density at radius 1 is 0.968 bits per heavy atom. The summed E-state index contributed by atoms with van der Waals surface area (Å²) >= 11 is 0. The maximum absolute atomic E-state index is 13.3. The van der Waals surface area contributed by atoms with Crippen molar-refractivity contribution in [2.24, 2.45) is 0 Å². The molecule has 0 saturated carbocycles. The molecule has 2 aromatic carbocycles. The van der Waals surface area contributed by atoms with Gasteiger partial charge in [0, 0.05) is 12.6 Å². The number of hydrogen-bond acceptors (Lipinski definition) is 4. The zero-order valence-corrected chi connectivity index (χ0v) is 19.3. The molecule has 0 saturated heterocycles. The van der Waals surface area contributed by atoms with Crippen LogP contribution in [0.25, 0.3) is 0 Å². The number of carbonyl (C=O) groups is 2. The molecule has 1 N–H and O–H groups in total. The van der Waals surface area contributed by atoms with Gasteiger partial charge in [0.05, 0.1) is 11.9 Å². The molecule has 2 amide bonds. The monoisotopic (exact) mass is 445 g/mol. The van der Waals surface area contributed by atoms with Crippen LogP contribution in [-0.2, 0) is 26.2 Å². The fourth-order valence-corrected chi connectivity index (χ4v) is 3.89. The smallest absolute Gasteiger partial charge is 0.244 e. The average Bonchev–Trinajstić information content (AvgIpc) is 2.75. The Morgan fingerprint density at radius 2 is 1.52 bits per heavy atom. The van der Waals surface area contributed by atoms with E-state index >= 15 is 0 Å². The lowest BCUT2D eigenvalue weighted by atomic mass is 10.1. The second kappa shape index (κ2) is 10.9. The molecule has 0 bridgehead atoms. The van der Waals surface area contributed by atoms with Gasteiger partial charge in [-0.3, -0.25) is 13.9 Å². The van der Waals surface area contributed by atoms with Crippen LogP contribution in [0, 0.1) is 0 Å². The molecule has 168 valence electrons. The van der Waals surface area contributed by atoms with Crippen LogP contribution in [-0.4, -0.2) is 50.0 Å². The highest BCUT2D eigenvalue weighted by Gasteiger charge is 2.30. The van der Waals surface area contributed by atoms with E-state index in [0.717, 1.165) is 22.5 Å². The Morgan fingerprint density at radius 3 is 2.03 bits per heavy atom. The summed E-state index contributed by atoms with van der Waals surface area (Å²) in [5.41, 5.74) is 1.25. The molecule has 7 nitrogen and oxygen atoms in total. The van der Waals surface area contributed by atoms with Gasteiger partial charge >= 0.3 is 0 Å². The van der Waals surface area contributed by atoms with Crippen molar-refractivity contribution >= 4 is 27.5 Å². The highest BCUT2D eigenvalue weighted by atomic mass is 32.2. The molecule has 2 atom stereocenters. The summed E-state index contributed by atoms with van der Waals surface area (Å²) in [4.78, 5) is 27.5. The molecule has 8 heteroatoms. The highest BCUT2D eigenvalue weighted by Crippen LogP contribution is 2.18. The summed E-state index contributed by atoms with van der Waals surface area (Å²) in [5.74, 6) is -0.728. The van der Waals surface area contributed by atoms with Gasteiger partial charge in [-0.2, -0.15) is 0 Å². The third-order valence-electron chi connectivity index (χ3n) is 5.09.